The Labute approximate surface area is 152 Å². The van der Waals surface area contributed by atoms with Gasteiger partial charge in [-0.1, -0.05) is 35.9 Å². The number of hydrogen-bond donors (Lipinski definition) is 0. The van der Waals surface area contributed by atoms with Crippen molar-refractivity contribution in [2.45, 2.75) is 38.2 Å². The highest BCUT2D eigenvalue weighted by molar-refractivity contribution is 7.90. The average molecular weight is 372 g/mol. The van der Waals surface area contributed by atoms with Crippen LogP contribution in [-0.4, -0.2) is 29.2 Å². The molecule has 0 N–H and O–H groups in total. The summed E-state index contributed by atoms with van der Waals surface area (Å²) in [5, 5.41) is 4.53. The van der Waals surface area contributed by atoms with Gasteiger partial charge in [-0.25, -0.2) is 4.79 Å². The summed E-state index contributed by atoms with van der Waals surface area (Å²) < 4.78 is 32.3. The van der Waals surface area contributed by atoms with Crippen LogP contribution in [0.3, 0.4) is 0 Å². The molecule has 0 saturated carbocycles. The van der Waals surface area contributed by atoms with Crippen LogP contribution in [0.5, 0.6) is 0 Å². The molecule has 0 aliphatic carbocycles. The standard InChI is InChI=1S/C19H20N2O4S/c1-13-9-11-14(12-10-13)26(23,24)21-16-8-6-5-7-15(16)17(20-21)18(22)25-19(2,3)4/h5-12H,1-4H3. The molecule has 26 heavy (non-hydrogen) atoms. The molecule has 3 rings (SSSR count). The van der Waals surface area contributed by atoms with Crippen molar-refractivity contribution in [3.05, 3.63) is 59.8 Å². The summed E-state index contributed by atoms with van der Waals surface area (Å²) in [7, 11) is -3.94. The van der Waals surface area contributed by atoms with Gasteiger partial charge in [0.05, 0.1) is 10.4 Å². The summed E-state index contributed by atoms with van der Waals surface area (Å²) in [6, 6.07) is 13.2. The molecular weight excluding hydrogens is 352 g/mol. The fourth-order valence-corrected chi connectivity index (χ4v) is 3.80. The first-order chi connectivity index (χ1) is 12.1. The number of hydrogen-bond acceptors (Lipinski definition) is 5. The van der Waals surface area contributed by atoms with Gasteiger partial charge >= 0.3 is 5.97 Å². The highest BCUT2D eigenvalue weighted by Crippen LogP contribution is 2.25. The van der Waals surface area contributed by atoms with Gasteiger partial charge in [0.1, 0.15) is 5.60 Å². The SMILES string of the molecule is Cc1ccc(S(=O)(=O)n2nc(C(=O)OC(C)(C)C)c3ccccc32)cc1. The quantitative estimate of drug-likeness (QED) is 0.657. The van der Waals surface area contributed by atoms with Crippen LogP contribution in [0.15, 0.2) is 53.4 Å². The number of nitrogens with zero attached hydrogens (tertiary/aromatic N) is 2. The van der Waals surface area contributed by atoms with Crippen molar-refractivity contribution in [1.82, 2.24) is 9.19 Å². The van der Waals surface area contributed by atoms with E-state index in [-0.39, 0.29) is 10.6 Å². The maximum absolute atomic E-state index is 13.0. The van der Waals surface area contributed by atoms with E-state index in [1.54, 1.807) is 57.2 Å². The number of carbonyl (C=O) groups excluding carboxylic acids is 1. The minimum absolute atomic E-state index is 0.0220. The third kappa shape index (κ3) is 3.35. The highest BCUT2D eigenvalue weighted by Gasteiger charge is 2.28. The molecule has 0 radical (unpaired) electrons. The second kappa shape index (κ2) is 6.25. The number of fused-ring (bicyclic) bond motifs is 1. The van der Waals surface area contributed by atoms with Gasteiger partial charge in [0, 0.05) is 5.39 Å². The predicted molar refractivity (Wildman–Crippen MR) is 98.7 cm³/mol. The number of carbonyl (C=O) groups is 1. The van der Waals surface area contributed by atoms with E-state index in [0.717, 1.165) is 9.65 Å². The van der Waals surface area contributed by atoms with E-state index in [9.17, 15) is 13.2 Å². The summed E-state index contributed by atoms with van der Waals surface area (Å²) in [5.41, 5.74) is 0.543. The predicted octanol–water partition coefficient (Wildman–Crippen LogP) is 3.54. The summed E-state index contributed by atoms with van der Waals surface area (Å²) in [6.45, 7) is 7.10. The fraction of sp³-hybridized carbons (Fsp3) is 0.263. The number of ether oxygens (including phenoxy) is 1. The van der Waals surface area contributed by atoms with E-state index < -0.39 is 21.6 Å². The van der Waals surface area contributed by atoms with Gasteiger partial charge in [0.2, 0.25) is 0 Å². The lowest BCUT2D eigenvalue weighted by molar-refractivity contribution is 0.00648. The molecule has 1 aromatic heterocycles. The first-order valence-corrected chi connectivity index (χ1v) is 9.57. The van der Waals surface area contributed by atoms with Gasteiger partial charge in [0.15, 0.2) is 5.69 Å². The van der Waals surface area contributed by atoms with Crippen LogP contribution in [0.25, 0.3) is 10.9 Å². The zero-order valence-electron chi connectivity index (χ0n) is 15.1. The highest BCUT2D eigenvalue weighted by atomic mass is 32.2. The minimum Gasteiger partial charge on any atom is -0.455 e. The maximum atomic E-state index is 13.0. The Balaban J connectivity index is 2.19. The Kier molecular flexibility index (Phi) is 4.36. The average Bonchev–Trinajstić information content (AvgIpc) is 2.94. The molecule has 0 aliphatic heterocycles. The van der Waals surface area contributed by atoms with Crippen LogP contribution >= 0.6 is 0 Å². The number of aryl methyl sites for hydroxylation is 1. The van der Waals surface area contributed by atoms with Gasteiger partial charge in [-0.15, -0.1) is 5.10 Å². The first-order valence-electron chi connectivity index (χ1n) is 8.13. The lowest BCUT2D eigenvalue weighted by atomic mass is 10.2. The number of benzene rings is 2. The van der Waals surface area contributed by atoms with E-state index >= 15 is 0 Å². The largest absolute Gasteiger partial charge is 0.455 e. The number of esters is 1. The van der Waals surface area contributed by atoms with Crippen molar-refractivity contribution in [3.8, 4) is 0 Å². The summed E-state index contributed by atoms with van der Waals surface area (Å²) >= 11 is 0. The molecule has 6 nitrogen and oxygen atoms in total. The normalized spacial score (nSPS) is 12.3. The van der Waals surface area contributed by atoms with Crippen molar-refractivity contribution in [2.24, 2.45) is 0 Å². The molecule has 2 aromatic carbocycles. The second-order valence-electron chi connectivity index (χ2n) is 7.03. The molecule has 7 heteroatoms. The van der Waals surface area contributed by atoms with Crippen molar-refractivity contribution in [1.29, 1.82) is 0 Å². The fourth-order valence-electron chi connectivity index (χ4n) is 2.51. The Morgan fingerprint density at radius 2 is 1.65 bits per heavy atom. The van der Waals surface area contributed by atoms with Gasteiger partial charge < -0.3 is 4.74 Å². The molecule has 0 saturated heterocycles. The van der Waals surface area contributed by atoms with Crippen molar-refractivity contribution >= 4 is 26.9 Å². The van der Waals surface area contributed by atoms with E-state index in [4.69, 9.17) is 4.74 Å². The topological polar surface area (TPSA) is 78.3 Å². The van der Waals surface area contributed by atoms with E-state index in [1.165, 1.54) is 12.1 Å². The summed E-state index contributed by atoms with van der Waals surface area (Å²) in [4.78, 5) is 12.6. The molecule has 1 heterocycles. The Morgan fingerprint density at radius 3 is 2.27 bits per heavy atom. The summed E-state index contributed by atoms with van der Waals surface area (Å²) in [6.07, 6.45) is 0. The zero-order chi connectivity index (χ0) is 19.1. The molecule has 0 unspecified atom stereocenters. The van der Waals surface area contributed by atoms with Crippen LogP contribution in [0.4, 0.5) is 0 Å². The van der Waals surface area contributed by atoms with Crippen molar-refractivity contribution in [3.63, 3.8) is 0 Å². The molecule has 0 fully saturated rings. The van der Waals surface area contributed by atoms with Crippen molar-refractivity contribution < 1.29 is 17.9 Å². The maximum Gasteiger partial charge on any atom is 0.360 e. The van der Waals surface area contributed by atoms with Crippen LogP contribution in [0.1, 0.15) is 36.8 Å². The first kappa shape index (κ1) is 18.1. The minimum atomic E-state index is -3.94. The molecule has 0 amide bonds. The van der Waals surface area contributed by atoms with E-state index in [1.807, 2.05) is 6.92 Å². The number of aromatic nitrogens is 2. The van der Waals surface area contributed by atoms with E-state index in [2.05, 4.69) is 5.10 Å². The monoisotopic (exact) mass is 372 g/mol. The molecule has 3 aromatic rings. The molecule has 0 atom stereocenters. The Hall–Kier alpha value is -2.67. The lowest BCUT2D eigenvalue weighted by Gasteiger charge is -2.18. The van der Waals surface area contributed by atoms with Crippen LogP contribution < -0.4 is 0 Å². The molecule has 0 bridgehead atoms. The Bertz CT molecular complexity index is 1070. The number of para-hydroxylation sites is 1. The van der Waals surface area contributed by atoms with E-state index in [0.29, 0.717) is 10.9 Å². The number of rotatable bonds is 3. The van der Waals surface area contributed by atoms with Gasteiger partial charge in [0.25, 0.3) is 10.0 Å². The van der Waals surface area contributed by atoms with Gasteiger partial charge in [-0.3, -0.25) is 0 Å². The van der Waals surface area contributed by atoms with Crippen LogP contribution in [0.2, 0.25) is 0 Å². The van der Waals surface area contributed by atoms with Gasteiger partial charge in [-0.2, -0.15) is 12.5 Å². The third-order valence-corrected chi connectivity index (χ3v) is 5.30. The second-order valence-corrected chi connectivity index (χ2v) is 8.80. The van der Waals surface area contributed by atoms with Crippen LogP contribution in [0, 0.1) is 6.92 Å². The lowest BCUT2D eigenvalue weighted by Crippen LogP contribution is -2.24. The van der Waals surface area contributed by atoms with Gasteiger partial charge in [-0.05, 0) is 45.9 Å². The van der Waals surface area contributed by atoms with Crippen molar-refractivity contribution in [2.75, 3.05) is 0 Å². The molecular formula is C19H20N2O4S. The Morgan fingerprint density at radius 1 is 1.04 bits per heavy atom. The molecule has 136 valence electrons. The smallest absolute Gasteiger partial charge is 0.360 e. The molecule has 0 aliphatic rings. The third-order valence-electron chi connectivity index (χ3n) is 3.69. The zero-order valence-corrected chi connectivity index (χ0v) is 15.9. The van der Waals surface area contributed by atoms with Crippen LogP contribution in [-0.2, 0) is 14.8 Å². The summed E-state index contributed by atoms with van der Waals surface area (Å²) in [5.74, 6) is -0.661. The molecule has 0 spiro atoms.